The van der Waals surface area contributed by atoms with Gasteiger partial charge in [0.2, 0.25) is 0 Å². The van der Waals surface area contributed by atoms with Crippen molar-refractivity contribution in [2.45, 2.75) is 0 Å². The highest BCUT2D eigenvalue weighted by Gasteiger charge is 2.18. The minimum absolute atomic E-state index is 0.131. The average Bonchev–Trinajstić information content (AvgIpc) is 2.70. The maximum absolute atomic E-state index is 12.5. The van der Waals surface area contributed by atoms with E-state index < -0.39 is 0 Å². The fourth-order valence-electron chi connectivity index (χ4n) is 2.01. The van der Waals surface area contributed by atoms with Gasteiger partial charge in [-0.15, -0.1) is 0 Å². The van der Waals surface area contributed by atoms with Crippen molar-refractivity contribution >= 4 is 17.7 Å². The molecule has 0 aliphatic carbocycles. The van der Waals surface area contributed by atoms with E-state index in [1.54, 1.807) is 29.4 Å². The molecule has 0 N–H and O–H groups in total. The number of para-hydroxylation sites is 1. The van der Waals surface area contributed by atoms with Crippen molar-refractivity contribution in [3.63, 3.8) is 0 Å². The number of aromatic nitrogens is 1. The Kier molecular flexibility index (Phi) is 2.94. The first-order valence-electron chi connectivity index (χ1n) is 6.05. The van der Waals surface area contributed by atoms with Gasteiger partial charge in [0.25, 0.3) is 5.91 Å². The molecule has 0 fully saturated rings. The Morgan fingerprint density at radius 2 is 1.84 bits per heavy atom. The third-order valence-corrected chi connectivity index (χ3v) is 2.92. The van der Waals surface area contributed by atoms with Gasteiger partial charge in [-0.3, -0.25) is 14.7 Å². The van der Waals surface area contributed by atoms with E-state index in [2.05, 4.69) is 4.98 Å². The summed E-state index contributed by atoms with van der Waals surface area (Å²) in [6, 6.07) is 13.1. The molecule has 0 bridgehead atoms. The molecule has 0 atom stereocenters. The van der Waals surface area contributed by atoms with E-state index in [4.69, 9.17) is 0 Å². The van der Waals surface area contributed by atoms with Crippen LogP contribution in [0.4, 0.5) is 5.69 Å². The zero-order valence-electron chi connectivity index (χ0n) is 10.2. The van der Waals surface area contributed by atoms with E-state index in [1.165, 1.54) is 0 Å². The molecular formula is C16H12N2O. The van der Waals surface area contributed by atoms with Gasteiger partial charge in [0, 0.05) is 12.4 Å². The number of hydrogen-bond donors (Lipinski definition) is 0. The number of nitrogens with zero attached hydrogens (tertiary/aromatic N) is 2. The number of hydrogen-bond acceptors (Lipinski definition) is 2. The van der Waals surface area contributed by atoms with E-state index in [-0.39, 0.29) is 5.91 Å². The Morgan fingerprint density at radius 3 is 2.68 bits per heavy atom. The predicted octanol–water partition coefficient (Wildman–Crippen LogP) is 3.27. The van der Waals surface area contributed by atoms with Crippen LogP contribution in [-0.4, -0.2) is 10.9 Å². The van der Waals surface area contributed by atoms with Crippen LogP contribution < -0.4 is 4.90 Å². The number of pyridine rings is 1. The van der Waals surface area contributed by atoms with Crippen LogP contribution in [0.15, 0.2) is 67.0 Å². The van der Waals surface area contributed by atoms with Crippen LogP contribution in [0.5, 0.6) is 0 Å². The van der Waals surface area contributed by atoms with Crippen LogP contribution in [0.25, 0.3) is 6.08 Å². The minimum Gasteiger partial charge on any atom is -0.282 e. The van der Waals surface area contributed by atoms with Gasteiger partial charge in [-0.1, -0.05) is 36.4 Å². The number of carbonyl (C=O) groups excluding carboxylic acids is 1. The van der Waals surface area contributed by atoms with Crippen molar-refractivity contribution in [3.05, 3.63) is 78.3 Å². The normalized spacial score (nSPS) is 12.9. The van der Waals surface area contributed by atoms with Crippen LogP contribution in [0, 0.1) is 0 Å². The number of carbonyl (C=O) groups is 1. The first-order chi connectivity index (χ1) is 9.36. The summed E-state index contributed by atoms with van der Waals surface area (Å²) in [6.45, 7) is 0. The summed E-state index contributed by atoms with van der Waals surface area (Å²) in [5.74, 6) is -0.131. The van der Waals surface area contributed by atoms with Crippen molar-refractivity contribution in [2.24, 2.45) is 0 Å². The van der Waals surface area contributed by atoms with E-state index in [1.807, 2.05) is 48.6 Å². The van der Waals surface area contributed by atoms with Gasteiger partial charge in [-0.2, -0.15) is 0 Å². The molecule has 0 saturated carbocycles. The van der Waals surface area contributed by atoms with Gasteiger partial charge in [0.15, 0.2) is 0 Å². The number of fused-ring (bicyclic) bond motifs is 1. The number of anilines is 1. The Labute approximate surface area is 111 Å². The molecule has 19 heavy (non-hydrogen) atoms. The molecule has 3 rings (SSSR count). The lowest BCUT2D eigenvalue weighted by Crippen LogP contribution is -2.26. The summed E-state index contributed by atoms with van der Waals surface area (Å²) in [7, 11) is 0. The van der Waals surface area contributed by atoms with Crippen molar-refractivity contribution in [1.82, 2.24) is 4.98 Å². The monoisotopic (exact) mass is 248 g/mol. The highest BCUT2D eigenvalue weighted by Crippen LogP contribution is 2.25. The van der Waals surface area contributed by atoms with Gasteiger partial charge in [-0.05, 0) is 29.8 Å². The molecule has 1 aliphatic heterocycles. The number of allylic oxidation sites excluding steroid dienone is 2. The van der Waals surface area contributed by atoms with E-state index in [0.717, 1.165) is 11.3 Å². The Balaban J connectivity index is 2.05. The molecule has 92 valence electrons. The lowest BCUT2D eigenvalue weighted by Gasteiger charge is -2.19. The molecule has 2 aromatic rings. The number of benzene rings is 1. The fraction of sp³-hybridized carbons (Fsp3) is 0. The van der Waals surface area contributed by atoms with Crippen molar-refractivity contribution < 1.29 is 4.79 Å². The van der Waals surface area contributed by atoms with Crippen molar-refractivity contribution in [2.75, 3.05) is 4.90 Å². The molecular weight excluding hydrogens is 236 g/mol. The SMILES string of the molecule is O=C(c1ccccn1)N1C=CC=Cc2ccccc21. The molecule has 0 unspecified atom stereocenters. The first-order valence-corrected chi connectivity index (χ1v) is 6.05. The Morgan fingerprint density at radius 1 is 1.00 bits per heavy atom. The summed E-state index contributed by atoms with van der Waals surface area (Å²) < 4.78 is 0. The first kappa shape index (κ1) is 11.4. The molecule has 1 aliphatic rings. The third-order valence-electron chi connectivity index (χ3n) is 2.92. The van der Waals surface area contributed by atoms with Crippen LogP contribution in [0.3, 0.4) is 0 Å². The maximum atomic E-state index is 12.5. The topological polar surface area (TPSA) is 33.2 Å². The summed E-state index contributed by atoms with van der Waals surface area (Å²) in [5.41, 5.74) is 2.31. The lowest BCUT2D eigenvalue weighted by atomic mass is 10.1. The lowest BCUT2D eigenvalue weighted by molar-refractivity contribution is 0.0993. The molecule has 0 radical (unpaired) electrons. The average molecular weight is 248 g/mol. The van der Waals surface area contributed by atoms with Crippen LogP contribution in [0.2, 0.25) is 0 Å². The zero-order valence-corrected chi connectivity index (χ0v) is 10.2. The van der Waals surface area contributed by atoms with E-state index in [9.17, 15) is 4.79 Å². The van der Waals surface area contributed by atoms with Crippen LogP contribution >= 0.6 is 0 Å². The molecule has 3 heteroatoms. The molecule has 3 nitrogen and oxygen atoms in total. The highest BCUT2D eigenvalue weighted by molar-refractivity contribution is 6.07. The van der Waals surface area contributed by atoms with Gasteiger partial charge in [-0.25, -0.2) is 0 Å². The predicted molar refractivity (Wildman–Crippen MR) is 75.7 cm³/mol. The van der Waals surface area contributed by atoms with Gasteiger partial charge < -0.3 is 0 Å². The van der Waals surface area contributed by atoms with Gasteiger partial charge >= 0.3 is 0 Å². The Bertz CT molecular complexity index is 659. The fourth-order valence-corrected chi connectivity index (χ4v) is 2.01. The molecule has 2 heterocycles. The van der Waals surface area contributed by atoms with Gasteiger partial charge in [0.1, 0.15) is 5.69 Å². The summed E-state index contributed by atoms with van der Waals surface area (Å²) in [5, 5.41) is 0. The largest absolute Gasteiger partial charge is 0.282 e. The van der Waals surface area contributed by atoms with Gasteiger partial charge in [0.05, 0.1) is 5.69 Å². The summed E-state index contributed by atoms with van der Waals surface area (Å²) in [4.78, 5) is 18.2. The smallest absolute Gasteiger partial charge is 0.280 e. The van der Waals surface area contributed by atoms with Crippen molar-refractivity contribution in [1.29, 1.82) is 0 Å². The molecule has 1 aromatic carbocycles. The second-order valence-corrected chi connectivity index (χ2v) is 4.15. The van der Waals surface area contributed by atoms with E-state index >= 15 is 0 Å². The quantitative estimate of drug-likeness (QED) is 0.776. The highest BCUT2D eigenvalue weighted by atomic mass is 16.2. The standard InChI is InChI=1S/C16H12N2O/c19-16(14-9-3-5-11-17-14)18-12-6-4-8-13-7-1-2-10-15(13)18/h1-12H. The number of rotatable bonds is 1. The molecule has 0 saturated heterocycles. The third kappa shape index (κ3) is 2.18. The van der Waals surface area contributed by atoms with E-state index in [0.29, 0.717) is 5.69 Å². The number of amides is 1. The molecule has 1 amide bonds. The zero-order chi connectivity index (χ0) is 13.1. The minimum atomic E-state index is -0.131. The van der Waals surface area contributed by atoms with Crippen LogP contribution in [0.1, 0.15) is 16.1 Å². The summed E-state index contributed by atoms with van der Waals surface area (Å²) >= 11 is 0. The molecule has 1 aromatic heterocycles. The Hall–Kier alpha value is -2.68. The second kappa shape index (κ2) is 4.90. The summed E-state index contributed by atoms with van der Waals surface area (Å²) in [6.07, 6.45) is 9.14. The van der Waals surface area contributed by atoms with Crippen LogP contribution in [-0.2, 0) is 0 Å². The molecule has 0 spiro atoms. The second-order valence-electron chi connectivity index (χ2n) is 4.15. The van der Waals surface area contributed by atoms with Crippen molar-refractivity contribution in [3.8, 4) is 0 Å². The maximum Gasteiger partial charge on any atom is 0.280 e.